The van der Waals surface area contributed by atoms with Crippen LogP contribution in [0.5, 0.6) is 0 Å². The SMILES string of the molecule is C[Si](C)(C)CCOCn1ccc2c(C(=O)O)ccnc21. The molecule has 20 heavy (non-hydrogen) atoms. The normalized spacial score (nSPS) is 11.9. The largest absolute Gasteiger partial charge is 0.478 e. The van der Waals surface area contributed by atoms with Crippen LogP contribution in [-0.2, 0) is 11.5 Å². The molecule has 2 aromatic rings. The Morgan fingerprint density at radius 2 is 2.15 bits per heavy atom. The number of carboxylic acids is 1. The summed E-state index contributed by atoms with van der Waals surface area (Å²) >= 11 is 0. The molecule has 2 aromatic heterocycles. The molecule has 0 saturated carbocycles. The van der Waals surface area contributed by atoms with Crippen LogP contribution in [0, 0.1) is 0 Å². The first-order valence-corrected chi connectivity index (χ1v) is 10.3. The number of ether oxygens (including phenoxy) is 1. The smallest absolute Gasteiger partial charge is 0.336 e. The van der Waals surface area contributed by atoms with E-state index in [1.807, 2.05) is 10.8 Å². The number of hydrogen-bond donors (Lipinski definition) is 1. The monoisotopic (exact) mass is 292 g/mol. The second-order valence-electron chi connectivity index (χ2n) is 6.03. The van der Waals surface area contributed by atoms with Crippen LogP contribution < -0.4 is 0 Å². The molecule has 0 saturated heterocycles. The number of aromatic nitrogens is 2. The topological polar surface area (TPSA) is 64.3 Å². The molecule has 0 aliphatic carbocycles. The molecular weight excluding hydrogens is 272 g/mol. The fourth-order valence-electron chi connectivity index (χ4n) is 1.92. The van der Waals surface area contributed by atoms with Crippen molar-refractivity contribution in [1.29, 1.82) is 0 Å². The van der Waals surface area contributed by atoms with Gasteiger partial charge in [0.05, 0.1) is 5.56 Å². The Labute approximate surface area is 119 Å². The van der Waals surface area contributed by atoms with Gasteiger partial charge in [-0.25, -0.2) is 9.78 Å². The third kappa shape index (κ3) is 3.46. The highest BCUT2D eigenvalue weighted by molar-refractivity contribution is 6.76. The van der Waals surface area contributed by atoms with E-state index in [1.165, 1.54) is 12.3 Å². The molecule has 0 radical (unpaired) electrons. The Morgan fingerprint density at radius 3 is 2.80 bits per heavy atom. The van der Waals surface area contributed by atoms with Crippen molar-refractivity contribution in [3.8, 4) is 0 Å². The van der Waals surface area contributed by atoms with Crippen LogP contribution in [0.4, 0.5) is 0 Å². The lowest BCUT2D eigenvalue weighted by atomic mass is 10.2. The zero-order valence-corrected chi connectivity index (χ0v) is 13.1. The molecule has 0 fully saturated rings. The second kappa shape index (κ2) is 5.76. The number of rotatable bonds is 6. The van der Waals surface area contributed by atoms with Gasteiger partial charge in [-0.2, -0.15) is 0 Å². The van der Waals surface area contributed by atoms with E-state index in [9.17, 15) is 4.79 Å². The van der Waals surface area contributed by atoms with Gasteiger partial charge < -0.3 is 14.4 Å². The van der Waals surface area contributed by atoms with E-state index in [0.717, 1.165) is 12.7 Å². The average molecular weight is 292 g/mol. The molecule has 0 bridgehead atoms. The molecule has 0 unspecified atom stereocenters. The van der Waals surface area contributed by atoms with Crippen LogP contribution in [-0.4, -0.2) is 35.3 Å². The molecule has 1 N–H and O–H groups in total. The van der Waals surface area contributed by atoms with Crippen molar-refractivity contribution >= 4 is 25.1 Å². The minimum atomic E-state index is -1.08. The first-order valence-electron chi connectivity index (χ1n) is 6.63. The third-order valence-electron chi connectivity index (χ3n) is 3.12. The maximum absolute atomic E-state index is 11.1. The Balaban J connectivity index is 2.08. The summed E-state index contributed by atoms with van der Waals surface area (Å²) in [5.41, 5.74) is 0.925. The summed E-state index contributed by atoms with van der Waals surface area (Å²) in [6.45, 7) is 8.06. The number of fused-ring (bicyclic) bond motifs is 1. The lowest BCUT2D eigenvalue weighted by Gasteiger charge is -2.15. The molecule has 6 heteroatoms. The van der Waals surface area contributed by atoms with E-state index in [0.29, 0.717) is 17.8 Å². The predicted octanol–water partition coefficient (Wildman–Crippen LogP) is 3.05. The first kappa shape index (κ1) is 14.7. The highest BCUT2D eigenvalue weighted by Crippen LogP contribution is 2.18. The first-order chi connectivity index (χ1) is 9.38. The lowest BCUT2D eigenvalue weighted by molar-refractivity contribution is 0.0698. The molecule has 0 aliphatic heterocycles. The quantitative estimate of drug-likeness (QED) is 0.656. The summed E-state index contributed by atoms with van der Waals surface area (Å²) in [6, 6.07) is 4.40. The van der Waals surface area contributed by atoms with Crippen LogP contribution in [0.2, 0.25) is 25.7 Å². The number of pyridine rings is 1. The number of aromatic carboxylic acids is 1. The summed E-state index contributed by atoms with van der Waals surface area (Å²) in [5.74, 6) is -0.935. The minimum Gasteiger partial charge on any atom is -0.478 e. The maximum atomic E-state index is 11.1. The van der Waals surface area contributed by atoms with Crippen molar-refractivity contribution in [3.05, 3.63) is 30.1 Å². The molecule has 108 valence electrons. The molecule has 5 nitrogen and oxygen atoms in total. The summed E-state index contributed by atoms with van der Waals surface area (Å²) in [7, 11) is -1.08. The van der Waals surface area contributed by atoms with Crippen molar-refractivity contribution in [3.63, 3.8) is 0 Å². The molecule has 0 atom stereocenters. The highest BCUT2D eigenvalue weighted by Gasteiger charge is 2.13. The lowest BCUT2D eigenvalue weighted by Crippen LogP contribution is -2.22. The molecule has 2 heterocycles. The zero-order chi connectivity index (χ0) is 14.8. The van der Waals surface area contributed by atoms with Crippen molar-refractivity contribution in [1.82, 2.24) is 9.55 Å². The summed E-state index contributed by atoms with van der Waals surface area (Å²) in [6.07, 6.45) is 3.34. The van der Waals surface area contributed by atoms with Gasteiger partial charge in [0.2, 0.25) is 0 Å². The van der Waals surface area contributed by atoms with E-state index >= 15 is 0 Å². The summed E-state index contributed by atoms with van der Waals surface area (Å²) < 4.78 is 7.51. The van der Waals surface area contributed by atoms with Crippen LogP contribution in [0.3, 0.4) is 0 Å². The van der Waals surface area contributed by atoms with Gasteiger partial charge in [-0.15, -0.1) is 0 Å². The standard InChI is InChI=1S/C14H20N2O3Si/c1-20(2,3)9-8-19-10-16-7-5-11-12(14(17)18)4-6-15-13(11)16/h4-7H,8-10H2,1-3H3,(H,17,18). The van der Waals surface area contributed by atoms with Crippen molar-refractivity contribution in [2.24, 2.45) is 0 Å². The minimum absolute atomic E-state index is 0.274. The van der Waals surface area contributed by atoms with Crippen LogP contribution >= 0.6 is 0 Å². The number of carbonyl (C=O) groups is 1. The molecule has 0 aliphatic rings. The van der Waals surface area contributed by atoms with E-state index in [4.69, 9.17) is 9.84 Å². The van der Waals surface area contributed by atoms with E-state index < -0.39 is 14.0 Å². The van der Waals surface area contributed by atoms with Crippen LogP contribution in [0.15, 0.2) is 24.5 Å². The Kier molecular flexibility index (Phi) is 4.25. The Hall–Kier alpha value is -1.66. The van der Waals surface area contributed by atoms with Crippen molar-refractivity contribution in [2.75, 3.05) is 6.61 Å². The molecule has 0 aromatic carbocycles. The zero-order valence-electron chi connectivity index (χ0n) is 12.1. The molecule has 0 spiro atoms. The van der Waals surface area contributed by atoms with Crippen LogP contribution in [0.1, 0.15) is 10.4 Å². The summed E-state index contributed by atoms with van der Waals surface area (Å²) in [4.78, 5) is 15.4. The van der Waals surface area contributed by atoms with Crippen molar-refractivity contribution in [2.45, 2.75) is 32.4 Å². The van der Waals surface area contributed by atoms with Gasteiger partial charge in [0.1, 0.15) is 12.4 Å². The van der Waals surface area contributed by atoms with E-state index in [2.05, 4.69) is 24.6 Å². The molecular formula is C14H20N2O3Si. The third-order valence-corrected chi connectivity index (χ3v) is 4.82. The van der Waals surface area contributed by atoms with Crippen LogP contribution in [0.25, 0.3) is 11.0 Å². The summed E-state index contributed by atoms with van der Waals surface area (Å²) in [5, 5.41) is 9.78. The number of nitrogens with zero attached hydrogens (tertiary/aromatic N) is 2. The number of hydrogen-bond acceptors (Lipinski definition) is 3. The van der Waals surface area contributed by atoms with Gasteiger partial charge in [0.25, 0.3) is 0 Å². The average Bonchev–Trinajstić information content (AvgIpc) is 2.76. The van der Waals surface area contributed by atoms with Gasteiger partial charge in [0, 0.05) is 32.5 Å². The van der Waals surface area contributed by atoms with Gasteiger partial charge in [-0.3, -0.25) is 0 Å². The van der Waals surface area contributed by atoms with Gasteiger partial charge in [-0.05, 0) is 18.2 Å². The van der Waals surface area contributed by atoms with Gasteiger partial charge in [-0.1, -0.05) is 19.6 Å². The predicted molar refractivity (Wildman–Crippen MR) is 80.8 cm³/mol. The maximum Gasteiger partial charge on any atom is 0.336 e. The second-order valence-corrected chi connectivity index (χ2v) is 11.7. The molecule has 0 amide bonds. The van der Waals surface area contributed by atoms with E-state index in [-0.39, 0.29) is 5.56 Å². The van der Waals surface area contributed by atoms with Gasteiger partial charge in [0.15, 0.2) is 0 Å². The van der Waals surface area contributed by atoms with Gasteiger partial charge >= 0.3 is 5.97 Å². The van der Waals surface area contributed by atoms with E-state index in [1.54, 1.807) is 6.07 Å². The van der Waals surface area contributed by atoms with Crippen molar-refractivity contribution < 1.29 is 14.6 Å². The number of carboxylic acid groups (broad SMARTS) is 1. The Bertz CT molecular complexity index is 616. The fourth-order valence-corrected chi connectivity index (χ4v) is 2.68. The molecule has 2 rings (SSSR count). The fraction of sp³-hybridized carbons (Fsp3) is 0.429. The highest BCUT2D eigenvalue weighted by atomic mass is 28.3. The Morgan fingerprint density at radius 1 is 1.40 bits per heavy atom.